The van der Waals surface area contributed by atoms with Gasteiger partial charge in [-0.05, 0) is 24.3 Å². The van der Waals surface area contributed by atoms with Gasteiger partial charge in [-0.25, -0.2) is 0 Å². The second kappa shape index (κ2) is 5.30. The number of benzene rings is 2. The lowest BCUT2D eigenvalue weighted by atomic mass is 9.96. The van der Waals surface area contributed by atoms with Crippen molar-refractivity contribution in [1.82, 2.24) is 0 Å². The highest BCUT2D eigenvalue weighted by atomic mass is 16.7. The van der Waals surface area contributed by atoms with Gasteiger partial charge in [0.2, 0.25) is 5.79 Å². The molecule has 0 aromatic heterocycles. The lowest BCUT2D eigenvalue weighted by Gasteiger charge is -2.32. The summed E-state index contributed by atoms with van der Waals surface area (Å²) in [5.74, 6) is -0.957. The summed E-state index contributed by atoms with van der Waals surface area (Å²) >= 11 is 0. The number of anilines is 2. The second-order valence-electron chi connectivity index (χ2n) is 4.27. The number of rotatable bonds is 4. The highest BCUT2D eigenvalue weighted by Gasteiger charge is 2.34. The van der Waals surface area contributed by atoms with Crippen LogP contribution >= 0.6 is 0 Å². The third kappa shape index (κ3) is 2.41. The number of hydrogen-bond acceptors (Lipinski definition) is 4. The zero-order valence-electron chi connectivity index (χ0n) is 11.1. The molecule has 2 rings (SSSR count). The summed E-state index contributed by atoms with van der Waals surface area (Å²) in [4.78, 5) is 0. The first-order chi connectivity index (χ1) is 9.12. The van der Waals surface area contributed by atoms with E-state index in [1.165, 1.54) is 0 Å². The summed E-state index contributed by atoms with van der Waals surface area (Å²) in [6.07, 6.45) is 0. The summed E-state index contributed by atoms with van der Waals surface area (Å²) in [6.45, 7) is 0. The van der Waals surface area contributed by atoms with Gasteiger partial charge in [0.05, 0.1) is 0 Å². The van der Waals surface area contributed by atoms with E-state index in [9.17, 15) is 0 Å². The first-order valence-corrected chi connectivity index (χ1v) is 5.94. The van der Waals surface area contributed by atoms with Crippen molar-refractivity contribution in [2.24, 2.45) is 0 Å². The number of methoxy groups -OCH3 is 2. The number of hydrogen-bond donors (Lipinski definition) is 2. The van der Waals surface area contributed by atoms with Gasteiger partial charge in [0, 0.05) is 36.7 Å². The molecule has 4 N–H and O–H groups in total. The van der Waals surface area contributed by atoms with Crippen molar-refractivity contribution in [3.8, 4) is 0 Å². The van der Waals surface area contributed by atoms with Crippen molar-refractivity contribution in [3.63, 3.8) is 0 Å². The van der Waals surface area contributed by atoms with Crippen molar-refractivity contribution in [2.45, 2.75) is 5.79 Å². The molecule has 0 heterocycles. The van der Waals surface area contributed by atoms with Crippen molar-refractivity contribution >= 4 is 11.4 Å². The zero-order chi connectivity index (χ0) is 13.9. The van der Waals surface area contributed by atoms with Crippen LogP contribution in [0.4, 0.5) is 11.4 Å². The van der Waals surface area contributed by atoms with Crippen LogP contribution in [-0.4, -0.2) is 14.2 Å². The van der Waals surface area contributed by atoms with Crippen molar-refractivity contribution in [3.05, 3.63) is 59.7 Å². The van der Waals surface area contributed by atoms with Gasteiger partial charge in [-0.15, -0.1) is 0 Å². The maximum Gasteiger partial charge on any atom is 0.221 e. The van der Waals surface area contributed by atoms with Crippen LogP contribution in [0.3, 0.4) is 0 Å². The van der Waals surface area contributed by atoms with Gasteiger partial charge in [-0.1, -0.05) is 24.3 Å². The number of ether oxygens (including phenoxy) is 2. The van der Waals surface area contributed by atoms with E-state index in [0.29, 0.717) is 11.4 Å². The van der Waals surface area contributed by atoms with Crippen LogP contribution in [0.25, 0.3) is 0 Å². The van der Waals surface area contributed by atoms with Crippen molar-refractivity contribution < 1.29 is 9.47 Å². The van der Waals surface area contributed by atoms with Gasteiger partial charge in [0.25, 0.3) is 0 Å². The second-order valence-corrected chi connectivity index (χ2v) is 4.27. The lowest BCUT2D eigenvalue weighted by Crippen LogP contribution is -2.32. The minimum atomic E-state index is -0.957. The van der Waals surface area contributed by atoms with Crippen LogP contribution in [0, 0.1) is 0 Å². The molecule has 2 aromatic rings. The van der Waals surface area contributed by atoms with E-state index in [4.69, 9.17) is 20.9 Å². The van der Waals surface area contributed by atoms with Gasteiger partial charge in [0.1, 0.15) is 0 Å². The molecular weight excluding hydrogens is 240 g/mol. The third-order valence-corrected chi connectivity index (χ3v) is 3.16. The fourth-order valence-electron chi connectivity index (χ4n) is 2.13. The molecule has 4 nitrogen and oxygen atoms in total. The van der Waals surface area contributed by atoms with E-state index < -0.39 is 5.79 Å². The molecule has 0 aliphatic heterocycles. The maximum absolute atomic E-state index is 5.71. The Kier molecular flexibility index (Phi) is 3.74. The highest BCUT2D eigenvalue weighted by molar-refractivity contribution is 5.46. The standard InChI is InChI=1S/C15H18N2O2/c1-18-15(19-2,11-3-7-13(16)8-4-11)12-5-9-14(17)10-6-12/h3-10H,16-17H2,1-2H3. The molecule has 2 aromatic carbocycles. The van der Waals surface area contributed by atoms with Gasteiger partial charge in [-0.3, -0.25) is 0 Å². The highest BCUT2D eigenvalue weighted by Crippen LogP contribution is 2.34. The minimum Gasteiger partial charge on any atom is -0.399 e. The molecule has 0 amide bonds. The van der Waals surface area contributed by atoms with Crippen LogP contribution < -0.4 is 11.5 Å². The van der Waals surface area contributed by atoms with Gasteiger partial charge in [-0.2, -0.15) is 0 Å². The van der Waals surface area contributed by atoms with E-state index in [1.54, 1.807) is 14.2 Å². The molecule has 0 unspecified atom stereocenters. The predicted molar refractivity (Wildman–Crippen MR) is 76.5 cm³/mol. The SMILES string of the molecule is COC(OC)(c1ccc(N)cc1)c1ccc(N)cc1. The Balaban J connectivity index is 2.53. The van der Waals surface area contributed by atoms with Crippen LogP contribution in [-0.2, 0) is 15.3 Å². The Morgan fingerprint density at radius 2 is 1.00 bits per heavy atom. The molecule has 0 saturated heterocycles. The molecule has 4 heteroatoms. The molecule has 0 saturated carbocycles. The average Bonchev–Trinajstić information content (AvgIpc) is 2.44. The van der Waals surface area contributed by atoms with Crippen LogP contribution in [0.1, 0.15) is 11.1 Å². The summed E-state index contributed by atoms with van der Waals surface area (Å²) in [5.41, 5.74) is 14.6. The molecule has 0 aliphatic rings. The summed E-state index contributed by atoms with van der Waals surface area (Å²) in [7, 11) is 3.21. The molecule has 0 spiro atoms. The van der Waals surface area contributed by atoms with Crippen LogP contribution in [0.15, 0.2) is 48.5 Å². The monoisotopic (exact) mass is 258 g/mol. The largest absolute Gasteiger partial charge is 0.399 e. The smallest absolute Gasteiger partial charge is 0.221 e. The Labute approximate surface area is 112 Å². The Hall–Kier alpha value is -2.04. The average molecular weight is 258 g/mol. The lowest BCUT2D eigenvalue weighted by molar-refractivity contribution is -0.183. The summed E-state index contributed by atoms with van der Waals surface area (Å²) in [5, 5.41) is 0. The maximum atomic E-state index is 5.71. The van der Waals surface area contributed by atoms with Crippen molar-refractivity contribution in [2.75, 3.05) is 25.7 Å². The van der Waals surface area contributed by atoms with Gasteiger partial charge in [0.15, 0.2) is 0 Å². The Morgan fingerprint density at radius 1 is 0.684 bits per heavy atom. The molecule has 19 heavy (non-hydrogen) atoms. The van der Waals surface area contributed by atoms with E-state index in [0.717, 1.165) is 11.1 Å². The molecule has 0 fully saturated rings. The van der Waals surface area contributed by atoms with Crippen molar-refractivity contribution in [1.29, 1.82) is 0 Å². The molecular formula is C15H18N2O2. The van der Waals surface area contributed by atoms with Crippen LogP contribution in [0.5, 0.6) is 0 Å². The van der Waals surface area contributed by atoms with E-state index >= 15 is 0 Å². The fourth-order valence-corrected chi connectivity index (χ4v) is 2.13. The predicted octanol–water partition coefficient (Wildman–Crippen LogP) is 2.34. The zero-order valence-corrected chi connectivity index (χ0v) is 11.1. The Morgan fingerprint density at radius 3 is 1.26 bits per heavy atom. The normalized spacial score (nSPS) is 11.5. The Bertz CT molecular complexity index is 484. The topological polar surface area (TPSA) is 70.5 Å². The van der Waals surface area contributed by atoms with Gasteiger partial charge >= 0.3 is 0 Å². The molecule has 0 radical (unpaired) electrons. The molecule has 100 valence electrons. The fraction of sp³-hybridized carbons (Fsp3) is 0.200. The third-order valence-electron chi connectivity index (χ3n) is 3.16. The minimum absolute atomic E-state index is 0.696. The number of nitrogens with two attached hydrogens (primary N) is 2. The van der Waals surface area contributed by atoms with E-state index in [2.05, 4.69) is 0 Å². The van der Waals surface area contributed by atoms with E-state index in [1.807, 2.05) is 48.5 Å². The number of nitrogen functional groups attached to an aromatic ring is 2. The quantitative estimate of drug-likeness (QED) is 0.652. The van der Waals surface area contributed by atoms with Gasteiger partial charge < -0.3 is 20.9 Å². The first-order valence-electron chi connectivity index (χ1n) is 5.94. The summed E-state index contributed by atoms with van der Waals surface area (Å²) in [6, 6.07) is 14.8. The van der Waals surface area contributed by atoms with Crippen LogP contribution in [0.2, 0.25) is 0 Å². The first kappa shape index (κ1) is 13.4. The summed E-state index contributed by atoms with van der Waals surface area (Å²) < 4.78 is 11.3. The molecule has 0 aliphatic carbocycles. The molecule has 0 atom stereocenters. The van der Waals surface area contributed by atoms with E-state index in [-0.39, 0.29) is 0 Å². The molecule has 0 bridgehead atoms.